The summed E-state index contributed by atoms with van der Waals surface area (Å²) < 4.78 is 1.09. The Morgan fingerprint density at radius 1 is 1.40 bits per heavy atom. The van der Waals surface area contributed by atoms with Crippen molar-refractivity contribution in [3.63, 3.8) is 0 Å². The molecule has 0 unspecified atom stereocenters. The largest absolute Gasteiger partial charge is 0.341 e. The maximum Gasteiger partial charge on any atom is 0.121 e. The molecule has 0 spiro atoms. The first kappa shape index (κ1) is 10.6. The number of benzene rings is 1. The van der Waals surface area contributed by atoms with Crippen molar-refractivity contribution in [2.75, 3.05) is 14.1 Å². The summed E-state index contributed by atoms with van der Waals surface area (Å²) in [5.74, 6) is 1.01. The molecule has 1 heterocycles. The van der Waals surface area contributed by atoms with Crippen LogP contribution < -0.4 is 0 Å². The van der Waals surface area contributed by atoms with E-state index in [0.29, 0.717) is 0 Å². The lowest BCUT2D eigenvalue weighted by Gasteiger charge is -2.04. The third-order valence-corrected chi connectivity index (χ3v) is 2.71. The molecule has 0 atom stereocenters. The van der Waals surface area contributed by atoms with E-state index < -0.39 is 0 Å². The minimum Gasteiger partial charge on any atom is -0.341 e. The van der Waals surface area contributed by atoms with Gasteiger partial charge < -0.3 is 9.88 Å². The van der Waals surface area contributed by atoms with Gasteiger partial charge in [-0.1, -0.05) is 15.9 Å². The van der Waals surface area contributed by atoms with E-state index in [4.69, 9.17) is 0 Å². The summed E-state index contributed by atoms with van der Waals surface area (Å²) in [7, 11) is 4.08. The van der Waals surface area contributed by atoms with Gasteiger partial charge in [-0.3, -0.25) is 0 Å². The highest BCUT2D eigenvalue weighted by Gasteiger charge is 2.06. The molecule has 0 fully saturated rings. The lowest BCUT2D eigenvalue weighted by Crippen LogP contribution is -2.11. The van der Waals surface area contributed by atoms with Crippen LogP contribution in [0.5, 0.6) is 0 Å². The van der Waals surface area contributed by atoms with E-state index in [-0.39, 0.29) is 0 Å². The van der Waals surface area contributed by atoms with Crippen molar-refractivity contribution >= 4 is 27.0 Å². The van der Waals surface area contributed by atoms with Crippen LogP contribution in [0, 0.1) is 6.92 Å². The third kappa shape index (κ3) is 2.21. The van der Waals surface area contributed by atoms with Gasteiger partial charge in [-0.2, -0.15) is 0 Å². The van der Waals surface area contributed by atoms with Gasteiger partial charge in [0.2, 0.25) is 0 Å². The Bertz CT molecular complexity index is 488. The predicted octanol–water partition coefficient (Wildman–Crippen LogP) is 2.70. The topological polar surface area (TPSA) is 31.9 Å². The molecule has 0 aliphatic carbocycles. The van der Waals surface area contributed by atoms with E-state index >= 15 is 0 Å². The predicted molar refractivity (Wildman–Crippen MR) is 65.9 cm³/mol. The summed E-state index contributed by atoms with van der Waals surface area (Å²) >= 11 is 3.49. The minimum atomic E-state index is 0.839. The van der Waals surface area contributed by atoms with Gasteiger partial charge in [0.05, 0.1) is 17.6 Å². The molecule has 0 amide bonds. The molecule has 1 aromatic heterocycles. The van der Waals surface area contributed by atoms with Crippen LogP contribution >= 0.6 is 15.9 Å². The number of halogens is 1. The van der Waals surface area contributed by atoms with Gasteiger partial charge in [0, 0.05) is 4.47 Å². The fourth-order valence-corrected chi connectivity index (χ4v) is 2.24. The number of fused-ring (bicyclic) bond motifs is 1. The van der Waals surface area contributed by atoms with E-state index in [9.17, 15) is 0 Å². The molecule has 0 radical (unpaired) electrons. The summed E-state index contributed by atoms with van der Waals surface area (Å²) in [4.78, 5) is 10.0. The Hall–Kier alpha value is -0.870. The Kier molecular flexibility index (Phi) is 2.80. The monoisotopic (exact) mass is 267 g/mol. The highest BCUT2D eigenvalue weighted by atomic mass is 79.9. The van der Waals surface area contributed by atoms with E-state index in [1.165, 1.54) is 5.56 Å². The highest BCUT2D eigenvalue weighted by molar-refractivity contribution is 9.10. The molecule has 3 nitrogen and oxygen atoms in total. The maximum atomic E-state index is 4.58. The van der Waals surface area contributed by atoms with Crippen LogP contribution in [0.4, 0.5) is 0 Å². The van der Waals surface area contributed by atoms with Crippen molar-refractivity contribution in [3.8, 4) is 0 Å². The molecule has 0 bridgehead atoms. The summed E-state index contributed by atoms with van der Waals surface area (Å²) in [5, 5.41) is 0. The Morgan fingerprint density at radius 3 is 2.80 bits per heavy atom. The molecule has 1 aromatic carbocycles. The molecular weight excluding hydrogens is 254 g/mol. The summed E-state index contributed by atoms with van der Waals surface area (Å²) in [5.41, 5.74) is 3.36. The summed E-state index contributed by atoms with van der Waals surface area (Å²) in [6.45, 7) is 2.92. The number of imidazole rings is 1. The van der Waals surface area contributed by atoms with Crippen molar-refractivity contribution in [1.29, 1.82) is 0 Å². The quantitative estimate of drug-likeness (QED) is 0.908. The Balaban J connectivity index is 2.50. The second kappa shape index (κ2) is 3.94. The number of hydrogen-bond acceptors (Lipinski definition) is 2. The molecule has 1 N–H and O–H groups in total. The second-order valence-corrected chi connectivity index (χ2v) is 4.96. The van der Waals surface area contributed by atoms with Crippen LogP contribution in [-0.2, 0) is 6.54 Å². The van der Waals surface area contributed by atoms with Crippen molar-refractivity contribution in [2.45, 2.75) is 13.5 Å². The molecule has 15 heavy (non-hydrogen) atoms. The van der Waals surface area contributed by atoms with Gasteiger partial charge in [-0.15, -0.1) is 0 Å². The van der Waals surface area contributed by atoms with Crippen LogP contribution in [-0.4, -0.2) is 29.0 Å². The number of rotatable bonds is 2. The molecule has 80 valence electrons. The van der Waals surface area contributed by atoms with Gasteiger partial charge in [-0.25, -0.2) is 4.98 Å². The Labute approximate surface area is 97.6 Å². The van der Waals surface area contributed by atoms with Gasteiger partial charge in [-0.05, 0) is 38.7 Å². The Morgan fingerprint density at radius 2 is 2.13 bits per heavy atom. The van der Waals surface area contributed by atoms with Crippen molar-refractivity contribution in [1.82, 2.24) is 14.9 Å². The number of hydrogen-bond donors (Lipinski definition) is 1. The SMILES string of the molecule is Cc1cc(Br)cc2[nH]c(CN(C)C)nc12. The normalized spacial score (nSPS) is 11.5. The van der Waals surface area contributed by atoms with Gasteiger partial charge in [0.15, 0.2) is 0 Å². The number of aromatic amines is 1. The second-order valence-electron chi connectivity index (χ2n) is 4.04. The summed E-state index contributed by atoms with van der Waals surface area (Å²) in [6, 6.07) is 4.15. The van der Waals surface area contributed by atoms with Crippen LogP contribution in [0.1, 0.15) is 11.4 Å². The van der Waals surface area contributed by atoms with Crippen molar-refractivity contribution in [3.05, 3.63) is 28.0 Å². The zero-order chi connectivity index (χ0) is 11.0. The fraction of sp³-hybridized carbons (Fsp3) is 0.364. The fourth-order valence-electron chi connectivity index (χ4n) is 1.67. The van der Waals surface area contributed by atoms with E-state index in [0.717, 1.165) is 27.9 Å². The number of aromatic nitrogens is 2. The molecule has 2 aromatic rings. The van der Waals surface area contributed by atoms with E-state index in [2.05, 4.69) is 49.9 Å². The molecule has 4 heteroatoms. The maximum absolute atomic E-state index is 4.58. The summed E-state index contributed by atoms with van der Waals surface area (Å²) in [6.07, 6.45) is 0. The molecule has 0 aliphatic rings. The molecule has 2 rings (SSSR count). The van der Waals surface area contributed by atoms with Gasteiger partial charge in [0.25, 0.3) is 0 Å². The number of H-pyrrole nitrogens is 1. The number of nitrogens with one attached hydrogen (secondary N) is 1. The third-order valence-electron chi connectivity index (χ3n) is 2.26. The van der Waals surface area contributed by atoms with Crippen LogP contribution in [0.2, 0.25) is 0 Å². The number of aryl methyl sites for hydroxylation is 1. The standard InChI is InChI=1S/C11H14BrN3/c1-7-4-8(12)5-9-11(7)14-10(13-9)6-15(2)3/h4-5H,6H2,1-3H3,(H,13,14). The molecule has 0 saturated carbocycles. The molecule has 0 aliphatic heterocycles. The first-order valence-electron chi connectivity index (χ1n) is 4.86. The van der Waals surface area contributed by atoms with E-state index in [1.807, 2.05) is 14.1 Å². The first-order chi connectivity index (χ1) is 7.06. The zero-order valence-corrected chi connectivity index (χ0v) is 10.7. The minimum absolute atomic E-state index is 0.839. The lowest BCUT2D eigenvalue weighted by atomic mass is 10.2. The zero-order valence-electron chi connectivity index (χ0n) is 9.13. The van der Waals surface area contributed by atoms with Crippen LogP contribution in [0.25, 0.3) is 11.0 Å². The van der Waals surface area contributed by atoms with Crippen molar-refractivity contribution in [2.24, 2.45) is 0 Å². The highest BCUT2D eigenvalue weighted by Crippen LogP contribution is 2.22. The lowest BCUT2D eigenvalue weighted by molar-refractivity contribution is 0.392. The van der Waals surface area contributed by atoms with Crippen LogP contribution in [0.3, 0.4) is 0 Å². The van der Waals surface area contributed by atoms with Gasteiger partial charge in [0.1, 0.15) is 5.82 Å². The smallest absolute Gasteiger partial charge is 0.121 e. The molecule has 0 saturated heterocycles. The van der Waals surface area contributed by atoms with Gasteiger partial charge >= 0.3 is 0 Å². The first-order valence-corrected chi connectivity index (χ1v) is 5.65. The van der Waals surface area contributed by atoms with Crippen molar-refractivity contribution < 1.29 is 0 Å². The molecular formula is C11H14BrN3. The average molecular weight is 268 g/mol. The average Bonchev–Trinajstić information content (AvgIpc) is 2.45. The van der Waals surface area contributed by atoms with E-state index in [1.54, 1.807) is 0 Å². The number of nitrogens with zero attached hydrogens (tertiary/aromatic N) is 2. The van der Waals surface area contributed by atoms with Crippen LogP contribution in [0.15, 0.2) is 16.6 Å².